The average Bonchev–Trinajstić information content (AvgIpc) is 3.00. The number of carbonyl (C=O) groups excluding carboxylic acids is 2. The van der Waals surface area contributed by atoms with Crippen molar-refractivity contribution in [3.05, 3.63) is 35.9 Å². The van der Waals surface area contributed by atoms with Gasteiger partial charge in [0, 0.05) is 0 Å². The van der Waals surface area contributed by atoms with E-state index >= 15 is 0 Å². The van der Waals surface area contributed by atoms with Gasteiger partial charge in [-0.15, -0.1) is 0 Å². The van der Waals surface area contributed by atoms with Crippen LogP contribution in [0.4, 0.5) is 5.69 Å². The number of anilines is 1. The minimum atomic E-state index is -0.849. The fourth-order valence-electron chi connectivity index (χ4n) is 2.53. The van der Waals surface area contributed by atoms with Crippen molar-refractivity contribution in [3.8, 4) is 5.75 Å². The Morgan fingerprint density at radius 3 is 2.83 bits per heavy atom. The predicted octanol–water partition coefficient (Wildman–Crippen LogP) is 3.23. The summed E-state index contributed by atoms with van der Waals surface area (Å²) in [6.07, 6.45) is 5.54. The molecule has 0 bridgehead atoms. The van der Waals surface area contributed by atoms with Gasteiger partial charge in [0.05, 0.1) is 19.2 Å². The molecule has 0 radical (unpaired) electrons. The molecule has 0 heterocycles. The smallest absolute Gasteiger partial charge is 0.307 e. The molecule has 0 aliphatic heterocycles. The van der Waals surface area contributed by atoms with Crippen LogP contribution in [0.25, 0.3) is 0 Å². The van der Waals surface area contributed by atoms with Crippen molar-refractivity contribution in [3.63, 3.8) is 0 Å². The lowest BCUT2D eigenvalue weighted by Crippen LogP contribution is -2.30. The number of esters is 1. The molecule has 1 aliphatic rings. The number of aryl methyl sites for hydroxylation is 1. The van der Waals surface area contributed by atoms with Crippen LogP contribution < -0.4 is 10.1 Å². The predicted molar refractivity (Wildman–Crippen MR) is 88.4 cm³/mol. The van der Waals surface area contributed by atoms with Gasteiger partial charge in [-0.25, -0.2) is 0 Å². The van der Waals surface area contributed by atoms with Crippen molar-refractivity contribution in [2.45, 2.75) is 39.2 Å². The van der Waals surface area contributed by atoms with Crippen molar-refractivity contribution in [2.24, 2.45) is 5.92 Å². The van der Waals surface area contributed by atoms with E-state index in [-0.39, 0.29) is 17.8 Å². The van der Waals surface area contributed by atoms with Gasteiger partial charge in [-0.3, -0.25) is 9.59 Å². The Labute approximate surface area is 136 Å². The van der Waals surface area contributed by atoms with Gasteiger partial charge in [0.15, 0.2) is 6.10 Å². The second-order valence-corrected chi connectivity index (χ2v) is 5.79. The quantitative estimate of drug-likeness (QED) is 0.646. The number of methoxy groups -OCH3 is 1. The summed E-state index contributed by atoms with van der Waals surface area (Å²) in [4.78, 5) is 24.1. The largest absolute Gasteiger partial charge is 0.495 e. The summed E-state index contributed by atoms with van der Waals surface area (Å²) in [5.74, 6) is 0.0813. The summed E-state index contributed by atoms with van der Waals surface area (Å²) in [7, 11) is 1.54. The maximum absolute atomic E-state index is 12.2. The number of allylic oxidation sites excluding steroid dienone is 2. The highest BCUT2D eigenvalue weighted by Crippen LogP contribution is 2.25. The van der Waals surface area contributed by atoms with Gasteiger partial charge in [-0.1, -0.05) is 18.2 Å². The van der Waals surface area contributed by atoms with E-state index in [0.717, 1.165) is 18.4 Å². The first kappa shape index (κ1) is 17.1. The molecule has 0 spiro atoms. The van der Waals surface area contributed by atoms with Crippen LogP contribution in [0, 0.1) is 12.8 Å². The standard InChI is InChI=1S/C18H23NO4/c1-12-8-9-16(22-3)15(10-12)19-18(21)13(2)23-17(20)11-14-6-4-5-7-14/h4,6,8-10,13-14H,5,7,11H2,1-3H3,(H,19,21)/t13-,14+/m1/s1. The molecule has 1 aromatic carbocycles. The summed E-state index contributed by atoms with van der Waals surface area (Å²) >= 11 is 0. The minimum Gasteiger partial charge on any atom is -0.495 e. The highest BCUT2D eigenvalue weighted by atomic mass is 16.5. The van der Waals surface area contributed by atoms with E-state index in [1.165, 1.54) is 0 Å². The molecule has 5 heteroatoms. The van der Waals surface area contributed by atoms with Crippen LogP contribution in [-0.4, -0.2) is 25.1 Å². The van der Waals surface area contributed by atoms with Gasteiger partial charge in [-0.05, 0) is 50.3 Å². The molecular formula is C18H23NO4. The van der Waals surface area contributed by atoms with E-state index in [1.54, 1.807) is 20.1 Å². The van der Waals surface area contributed by atoms with Crippen molar-refractivity contribution >= 4 is 17.6 Å². The molecule has 1 amide bonds. The van der Waals surface area contributed by atoms with E-state index < -0.39 is 6.10 Å². The zero-order valence-corrected chi connectivity index (χ0v) is 13.8. The summed E-state index contributed by atoms with van der Waals surface area (Å²) in [6.45, 7) is 3.49. The molecule has 2 atom stereocenters. The Bertz CT molecular complexity index is 609. The first-order chi connectivity index (χ1) is 11.0. The van der Waals surface area contributed by atoms with E-state index in [9.17, 15) is 9.59 Å². The summed E-state index contributed by atoms with van der Waals surface area (Å²) in [6, 6.07) is 5.50. The fourth-order valence-corrected chi connectivity index (χ4v) is 2.53. The van der Waals surface area contributed by atoms with Gasteiger partial charge < -0.3 is 14.8 Å². The second-order valence-electron chi connectivity index (χ2n) is 5.79. The zero-order chi connectivity index (χ0) is 16.8. The van der Waals surface area contributed by atoms with E-state index in [4.69, 9.17) is 9.47 Å². The first-order valence-electron chi connectivity index (χ1n) is 7.81. The van der Waals surface area contributed by atoms with Gasteiger partial charge in [0.25, 0.3) is 5.91 Å². The Morgan fingerprint density at radius 2 is 2.17 bits per heavy atom. The third-order valence-corrected chi connectivity index (χ3v) is 3.83. The molecule has 1 aliphatic carbocycles. The molecule has 0 saturated carbocycles. The maximum atomic E-state index is 12.2. The van der Waals surface area contributed by atoms with Gasteiger partial charge in [-0.2, -0.15) is 0 Å². The van der Waals surface area contributed by atoms with Crippen molar-refractivity contribution in [1.29, 1.82) is 0 Å². The molecule has 1 aromatic rings. The number of rotatable bonds is 6. The van der Waals surface area contributed by atoms with Crippen LogP contribution in [0.3, 0.4) is 0 Å². The van der Waals surface area contributed by atoms with Gasteiger partial charge >= 0.3 is 5.97 Å². The van der Waals surface area contributed by atoms with E-state index in [1.807, 2.05) is 25.1 Å². The number of amides is 1. The fraction of sp³-hybridized carbons (Fsp3) is 0.444. The zero-order valence-electron chi connectivity index (χ0n) is 13.8. The number of hydrogen-bond donors (Lipinski definition) is 1. The van der Waals surface area contributed by atoms with Crippen LogP contribution in [0.15, 0.2) is 30.4 Å². The summed E-state index contributed by atoms with van der Waals surface area (Å²) < 4.78 is 10.4. The third kappa shape index (κ3) is 4.84. The first-order valence-corrected chi connectivity index (χ1v) is 7.81. The average molecular weight is 317 g/mol. The van der Waals surface area contributed by atoms with Crippen molar-refractivity contribution in [1.82, 2.24) is 0 Å². The van der Waals surface area contributed by atoms with E-state index in [2.05, 4.69) is 11.4 Å². The normalized spacial score (nSPS) is 17.6. The highest BCUT2D eigenvalue weighted by molar-refractivity contribution is 5.96. The van der Waals surface area contributed by atoms with Crippen LogP contribution in [0.1, 0.15) is 31.7 Å². The molecule has 0 fully saturated rings. The summed E-state index contributed by atoms with van der Waals surface area (Å²) in [5.41, 5.74) is 1.57. The molecule has 2 rings (SSSR count). The minimum absolute atomic E-state index is 0.231. The van der Waals surface area contributed by atoms with Crippen LogP contribution in [0.2, 0.25) is 0 Å². The molecule has 0 saturated heterocycles. The molecule has 23 heavy (non-hydrogen) atoms. The summed E-state index contributed by atoms with van der Waals surface area (Å²) in [5, 5.41) is 2.75. The number of nitrogens with one attached hydrogen (secondary N) is 1. The van der Waals surface area contributed by atoms with Crippen LogP contribution in [-0.2, 0) is 14.3 Å². The van der Waals surface area contributed by atoms with Gasteiger partial charge in [0.1, 0.15) is 5.75 Å². The third-order valence-electron chi connectivity index (χ3n) is 3.83. The molecule has 0 aromatic heterocycles. The maximum Gasteiger partial charge on any atom is 0.307 e. The number of ether oxygens (including phenoxy) is 2. The molecule has 5 nitrogen and oxygen atoms in total. The SMILES string of the molecule is COc1ccc(C)cc1NC(=O)[C@@H](C)OC(=O)C[C@H]1C=CCC1. The molecule has 1 N–H and O–H groups in total. The topological polar surface area (TPSA) is 64.6 Å². The Kier molecular flexibility index (Phi) is 5.79. The molecular weight excluding hydrogens is 294 g/mol. The Morgan fingerprint density at radius 1 is 1.39 bits per heavy atom. The lowest BCUT2D eigenvalue weighted by Gasteiger charge is -2.16. The molecule has 0 unspecified atom stereocenters. The van der Waals surface area contributed by atoms with E-state index in [0.29, 0.717) is 17.9 Å². The van der Waals surface area contributed by atoms with Crippen molar-refractivity contribution < 1.29 is 19.1 Å². The number of benzene rings is 1. The lowest BCUT2D eigenvalue weighted by atomic mass is 10.1. The number of carbonyl (C=O) groups is 2. The van der Waals surface area contributed by atoms with Gasteiger partial charge in [0.2, 0.25) is 0 Å². The number of hydrogen-bond acceptors (Lipinski definition) is 4. The molecule has 124 valence electrons. The Balaban J connectivity index is 1.90. The highest BCUT2D eigenvalue weighted by Gasteiger charge is 2.21. The lowest BCUT2D eigenvalue weighted by molar-refractivity contribution is -0.153. The van der Waals surface area contributed by atoms with Crippen molar-refractivity contribution in [2.75, 3.05) is 12.4 Å². The van der Waals surface area contributed by atoms with Crippen LogP contribution >= 0.6 is 0 Å². The second kappa shape index (κ2) is 7.81. The monoisotopic (exact) mass is 317 g/mol. The van der Waals surface area contributed by atoms with Crippen LogP contribution in [0.5, 0.6) is 5.75 Å². The Hall–Kier alpha value is -2.30.